The van der Waals surface area contributed by atoms with E-state index in [9.17, 15) is 4.79 Å². The van der Waals surface area contributed by atoms with Crippen molar-refractivity contribution in [1.29, 1.82) is 0 Å². The van der Waals surface area contributed by atoms with E-state index < -0.39 is 6.10 Å². The SMILES string of the molecule is CCONC(=O)C1COCCO1. The van der Waals surface area contributed by atoms with E-state index in [-0.39, 0.29) is 5.91 Å². The maximum Gasteiger partial charge on any atom is 0.275 e. The van der Waals surface area contributed by atoms with Gasteiger partial charge in [-0.25, -0.2) is 5.48 Å². The fourth-order valence-corrected chi connectivity index (χ4v) is 0.848. The van der Waals surface area contributed by atoms with Gasteiger partial charge in [-0.3, -0.25) is 9.63 Å². The van der Waals surface area contributed by atoms with E-state index in [1.165, 1.54) is 0 Å². The van der Waals surface area contributed by atoms with E-state index in [0.717, 1.165) is 0 Å². The molecule has 5 nitrogen and oxygen atoms in total. The van der Waals surface area contributed by atoms with Crippen LogP contribution in [0.1, 0.15) is 6.92 Å². The van der Waals surface area contributed by atoms with Gasteiger partial charge in [-0.2, -0.15) is 0 Å². The minimum absolute atomic E-state index is 0.281. The van der Waals surface area contributed by atoms with Crippen LogP contribution < -0.4 is 5.48 Å². The highest BCUT2D eigenvalue weighted by atomic mass is 16.7. The molecule has 0 aliphatic carbocycles. The molecular formula is C7H13NO4. The summed E-state index contributed by atoms with van der Waals surface area (Å²) in [5, 5.41) is 0. The second-order valence-electron chi connectivity index (χ2n) is 2.33. The summed E-state index contributed by atoms with van der Waals surface area (Å²) in [7, 11) is 0. The molecule has 0 radical (unpaired) electrons. The lowest BCUT2D eigenvalue weighted by atomic mass is 10.3. The van der Waals surface area contributed by atoms with Crippen LogP contribution in [-0.4, -0.2) is 38.4 Å². The highest BCUT2D eigenvalue weighted by Crippen LogP contribution is 1.99. The summed E-state index contributed by atoms with van der Waals surface area (Å²) in [5.41, 5.74) is 2.26. The number of amides is 1. The molecule has 0 spiro atoms. The highest BCUT2D eigenvalue weighted by Gasteiger charge is 2.22. The van der Waals surface area contributed by atoms with Crippen molar-refractivity contribution in [2.45, 2.75) is 13.0 Å². The van der Waals surface area contributed by atoms with E-state index in [1.807, 2.05) is 0 Å². The number of nitrogens with one attached hydrogen (secondary N) is 1. The molecule has 1 atom stereocenters. The smallest absolute Gasteiger partial charge is 0.275 e. The van der Waals surface area contributed by atoms with Gasteiger partial charge < -0.3 is 9.47 Å². The van der Waals surface area contributed by atoms with Crippen LogP contribution in [0.3, 0.4) is 0 Å². The molecule has 70 valence electrons. The molecule has 0 saturated carbocycles. The Morgan fingerprint density at radius 2 is 2.50 bits per heavy atom. The van der Waals surface area contributed by atoms with Crippen molar-refractivity contribution < 1.29 is 19.1 Å². The van der Waals surface area contributed by atoms with E-state index in [2.05, 4.69) is 5.48 Å². The van der Waals surface area contributed by atoms with Crippen molar-refractivity contribution in [2.75, 3.05) is 26.4 Å². The zero-order valence-electron chi connectivity index (χ0n) is 7.04. The van der Waals surface area contributed by atoms with Crippen LogP contribution in [0.5, 0.6) is 0 Å². The summed E-state index contributed by atoms with van der Waals surface area (Å²) in [6.07, 6.45) is -0.523. The zero-order chi connectivity index (χ0) is 8.81. The molecule has 12 heavy (non-hydrogen) atoms. The fourth-order valence-electron chi connectivity index (χ4n) is 0.848. The number of hydrogen-bond donors (Lipinski definition) is 1. The summed E-state index contributed by atoms with van der Waals surface area (Å²) in [6.45, 7) is 3.55. The first kappa shape index (κ1) is 9.44. The molecule has 0 aromatic rings. The molecule has 1 aliphatic rings. The molecule has 5 heteroatoms. The first-order chi connectivity index (χ1) is 5.84. The van der Waals surface area contributed by atoms with Gasteiger partial charge in [-0.15, -0.1) is 0 Å². The predicted molar refractivity (Wildman–Crippen MR) is 40.3 cm³/mol. The Labute approximate surface area is 70.9 Å². The van der Waals surface area contributed by atoms with E-state index in [4.69, 9.17) is 14.3 Å². The Morgan fingerprint density at radius 3 is 3.08 bits per heavy atom. The summed E-state index contributed by atoms with van der Waals surface area (Å²) in [4.78, 5) is 15.8. The number of carbonyl (C=O) groups is 1. The normalized spacial score (nSPS) is 23.6. The monoisotopic (exact) mass is 175 g/mol. The fraction of sp³-hybridized carbons (Fsp3) is 0.857. The quantitative estimate of drug-likeness (QED) is 0.586. The van der Waals surface area contributed by atoms with Crippen LogP contribution in [0, 0.1) is 0 Å². The van der Waals surface area contributed by atoms with Gasteiger partial charge in [0, 0.05) is 0 Å². The topological polar surface area (TPSA) is 56.8 Å². The van der Waals surface area contributed by atoms with Crippen LogP contribution in [0.15, 0.2) is 0 Å². The molecule has 1 rings (SSSR count). The standard InChI is InChI=1S/C7H13NO4/c1-2-12-8-7(9)6-5-10-3-4-11-6/h6H,2-5H2,1H3,(H,8,9). The van der Waals surface area contributed by atoms with Gasteiger partial charge in [0.15, 0.2) is 6.10 Å². The third-order valence-electron chi connectivity index (χ3n) is 1.43. The van der Waals surface area contributed by atoms with E-state index in [1.54, 1.807) is 6.92 Å². The first-order valence-electron chi connectivity index (χ1n) is 3.95. The number of carbonyl (C=O) groups excluding carboxylic acids is 1. The predicted octanol–water partition coefficient (Wildman–Crippen LogP) is -0.530. The van der Waals surface area contributed by atoms with Gasteiger partial charge in [0.1, 0.15) is 0 Å². The van der Waals surface area contributed by atoms with Crippen LogP contribution in [0.2, 0.25) is 0 Å². The maximum absolute atomic E-state index is 11.1. The Morgan fingerprint density at radius 1 is 1.67 bits per heavy atom. The van der Waals surface area contributed by atoms with Gasteiger partial charge >= 0.3 is 0 Å². The summed E-state index contributed by atoms with van der Waals surface area (Å²) >= 11 is 0. The van der Waals surface area contributed by atoms with Gasteiger partial charge in [0.25, 0.3) is 5.91 Å². The third kappa shape index (κ3) is 2.77. The zero-order valence-corrected chi connectivity index (χ0v) is 7.04. The third-order valence-corrected chi connectivity index (χ3v) is 1.43. The number of hydroxylamine groups is 1. The molecule has 1 fully saturated rings. The Bertz CT molecular complexity index is 144. The maximum atomic E-state index is 11.1. The average Bonchev–Trinajstić information content (AvgIpc) is 2.15. The molecule has 0 bridgehead atoms. The van der Waals surface area contributed by atoms with Crippen LogP contribution in [-0.2, 0) is 19.1 Å². The molecule has 1 heterocycles. The van der Waals surface area contributed by atoms with Gasteiger partial charge in [-0.1, -0.05) is 0 Å². The molecule has 1 N–H and O–H groups in total. The largest absolute Gasteiger partial charge is 0.376 e. The number of ether oxygens (including phenoxy) is 2. The lowest BCUT2D eigenvalue weighted by molar-refractivity contribution is -0.159. The molecule has 1 saturated heterocycles. The molecule has 0 aromatic carbocycles. The van der Waals surface area contributed by atoms with Crippen molar-refractivity contribution in [3.8, 4) is 0 Å². The minimum Gasteiger partial charge on any atom is -0.376 e. The van der Waals surface area contributed by atoms with Crippen LogP contribution >= 0.6 is 0 Å². The van der Waals surface area contributed by atoms with E-state index >= 15 is 0 Å². The van der Waals surface area contributed by atoms with Gasteiger partial charge in [0.2, 0.25) is 0 Å². The molecule has 1 amide bonds. The van der Waals surface area contributed by atoms with Crippen molar-refractivity contribution in [3.05, 3.63) is 0 Å². The van der Waals surface area contributed by atoms with Gasteiger partial charge in [0.05, 0.1) is 26.4 Å². The van der Waals surface area contributed by atoms with E-state index in [0.29, 0.717) is 26.4 Å². The number of rotatable bonds is 3. The van der Waals surface area contributed by atoms with Crippen molar-refractivity contribution in [3.63, 3.8) is 0 Å². The first-order valence-corrected chi connectivity index (χ1v) is 3.95. The average molecular weight is 175 g/mol. The molecular weight excluding hydrogens is 162 g/mol. The summed E-state index contributed by atoms with van der Waals surface area (Å²) < 4.78 is 10.2. The Hall–Kier alpha value is -0.650. The minimum atomic E-state index is -0.523. The lowest BCUT2D eigenvalue weighted by Crippen LogP contribution is -2.42. The Kier molecular flexibility index (Phi) is 3.99. The molecule has 1 aliphatic heterocycles. The van der Waals surface area contributed by atoms with Gasteiger partial charge in [-0.05, 0) is 6.92 Å². The van der Waals surface area contributed by atoms with Crippen LogP contribution in [0.4, 0.5) is 0 Å². The molecule has 0 aromatic heterocycles. The lowest BCUT2D eigenvalue weighted by Gasteiger charge is -2.21. The second kappa shape index (κ2) is 5.08. The summed E-state index contributed by atoms with van der Waals surface area (Å²) in [5.74, 6) is -0.281. The summed E-state index contributed by atoms with van der Waals surface area (Å²) in [6, 6.07) is 0. The van der Waals surface area contributed by atoms with Crippen molar-refractivity contribution in [2.24, 2.45) is 0 Å². The Balaban J connectivity index is 2.20. The molecule has 1 unspecified atom stereocenters. The number of hydrogen-bond acceptors (Lipinski definition) is 4. The van der Waals surface area contributed by atoms with Crippen molar-refractivity contribution in [1.82, 2.24) is 5.48 Å². The van der Waals surface area contributed by atoms with Crippen LogP contribution in [0.25, 0.3) is 0 Å². The highest BCUT2D eigenvalue weighted by molar-refractivity contribution is 5.79. The van der Waals surface area contributed by atoms with Crippen molar-refractivity contribution >= 4 is 5.91 Å². The second-order valence-corrected chi connectivity index (χ2v) is 2.33.